The molecule has 1 rings (SSSR count). The van der Waals surface area contributed by atoms with Gasteiger partial charge in [0.25, 0.3) is 0 Å². The van der Waals surface area contributed by atoms with Crippen molar-refractivity contribution in [2.75, 3.05) is 4.90 Å². The maximum absolute atomic E-state index is 12.3. The van der Waals surface area contributed by atoms with Crippen LogP contribution in [0.15, 0.2) is 12.3 Å². The zero-order valence-electron chi connectivity index (χ0n) is 13.2. The molecule has 22 heavy (non-hydrogen) atoms. The summed E-state index contributed by atoms with van der Waals surface area (Å²) in [5.41, 5.74) is -1.43. The maximum atomic E-state index is 12.3. The first-order valence-corrected chi connectivity index (χ1v) is 6.64. The SMILES string of the molecule is CC(C)N(C(=O)OC(C)(C)C)c1nccc(C#N)c1[N+](=O)[O-]. The van der Waals surface area contributed by atoms with Crippen molar-refractivity contribution in [1.82, 2.24) is 4.98 Å². The molecule has 0 atom stereocenters. The molecule has 8 nitrogen and oxygen atoms in total. The number of carbonyl (C=O) groups is 1. The molecule has 0 saturated heterocycles. The first-order valence-electron chi connectivity index (χ1n) is 6.64. The first kappa shape index (κ1) is 17.4. The summed E-state index contributed by atoms with van der Waals surface area (Å²) in [5, 5.41) is 20.3. The molecule has 0 aromatic carbocycles. The lowest BCUT2D eigenvalue weighted by atomic mass is 10.2. The zero-order chi connectivity index (χ0) is 17.1. The average molecular weight is 306 g/mol. The van der Waals surface area contributed by atoms with Gasteiger partial charge >= 0.3 is 11.8 Å². The molecule has 0 aliphatic heterocycles. The highest BCUT2D eigenvalue weighted by Gasteiger charge is 2.33. The van der Waals surface area contributed by atoms with E-state index in [1.807, 2.05) is 0 Å². The topological polar surface area (TPSA) is 109 Å². The van der Waals surface area contributed by atoms with E-state index in [4.69, 9.17) is 10.00 Å². The molecule has 1 amide bonds. The van der Waals surface area contributed by atoms with Gasteiger partial charge in [0.15, 0.2) is 0 Å². The van der Waals surface area contributed by atoms with Crippen molar-refractivity contribution in [3.8, 4) is 6.07 Å². The van der Waals surface area contributed by atoms with E-state index >= 15 is 0 Å². The van der Waals surface area contributed by atoms with Crippen LogP contribution in [0.25, 0.3) is 0 Å². The van der Waals surface area contributed by atoms with Crippen LogP contribution in [-0.4, -0.2) is 27.6 Å². The Balaban J connectivity index is 3.44. The largest absolute Gasteiger partial charge is 0.443 e. The molecule has 0 aliphatic carbocycles. The van der Waals surface area contributed by atoms with Gasteiger partial charge in [0.2, 0.25) is 5.82 Å². The Labute approximate surface area is 128 Å². The standard InChI is InChI=1S/C14H18N4O4/c1-9(2)17(13(19)22-14(3,4)5)12-11(18(20)21)10(8-15)6-7-16-12/h6-7,9H,1-5H3. The van der Waals surface area contributed by atoms with Gasteiger partial charge < -0.3 is 4.74 Å². The molecule has 0 fully saturated rings. The molecule has 0 unspecified atom stereocenters. The number of aromatic nitrogens is 1. The predicted octanol–water partition coefficient (Wildman–Crippen LogP) is 3.01. The molecule has 118 valence electrons. The zero-order valence-corrected chi connectivity index (χ0v) is 13.2. The van der Waals surface area contributed by atoms with Crippen LogP contribution in [0.3, 0.4) is 0 Å². The van der Waals surface area contributed by atoms with Crippen molar-refractivity contribution < 1.29 is 14.5 Å². The second-order valence-corrected chi connectivity index (χ2v) is 5.84. The minimum absolute atomic E-state index is 0.163. The second kappa shape index (κ2) is 6.39. The molecular formula is C14H18N4O4. The Morgan fingerprint density at radius 1 is 1.50 bits per heavy atom. The monoisotopic (exact) mass is 306 g/mol. The Morgan fingerprint density at radius 2 is 2.09 bits per heavy atom. The van der Waals surface area contributed by atoms with E-state index in [0.717, 1.165) is 4.90 Å². The fourth-order valence-corrected chi connectivity index (χ4v) is 1.74. The predicted molar refractivity (Wildman–Crippen MR) is 79.5 cm³/mol. The number of ether oxygens (including phenoxy) is 1. The van der Waals surface area contributed by atoms with Gasteiger partial charge in [-0.05, 0) is 40.7 Å². The molecule has 0 N–H and O–H groups in total. The molecule has 0 spiro atoms. The molecule has 0 radical (unpaired) electrons. The normalized spacial score (nSPS) is 11.0. The van der Waals surface area contributed by atoms with Gasteiger partial charge in [-0.1, -0.05) is 0 Å². The van der Waals surface area contributed by atoms with Gasteiger partial charge in [-0.2, -0.15) is 5.26 Å². The molecule has 0 saturated carbocycles. The van der Waals surface area contributed by atoms with E-state index in [9.17, 15) is 14.9 Å². The fourth-order valence-electron chi connectivity index (χ4n) is 1.74. The lowest BCUT2D eigenvalue weighted by molar-refractivity contribution is -0.384. The molecule has 1 heterocycles. The molecular weight excluding hydrogens is 288 g/mol. The van der Waals surface area contributed by atoms with E-state index in [1.54, 1.807) is 40.7 Å². The van der Waals surface area contributed by atoms with Crippen LogP contribution in [0.2, 0.25) is 0 Å². The summed E-state index contributed by atoms with van der Waals surface area (Å²) in [7, 11) is 0. The number of carbonyl (C=O) groups excluding carboxylic acids is 1. The molecule has 1 aromatic heterocycles. The van der Waals surface area contributed by atoms with Gasteiger partial charge in [0.05, 0.1) is 4.92 Å². The Kier molecular flexibility index (Phi) is 5.04. The first-order chi connectivity index (χ1) is 10.1. The number of amides is 1. The van der Waals surface area contributed by atoms with Gasteiger partial charge in [-0.25, -0.2) is 9.78 Å². The lowest BCUT2D eigenvalue weighted by Gasteiger charge is -2.29. The number of anilines is 1. The van der Waals surface area contributed by atoms with Crippen LogP contribution in [0.1, 0.15) is 40.2 Å². The van der Waals surface area contributed by atoms with Crippen LogP contribution >= 0.6 is 0 Å². The number of nitro groups is 1. The number of nitriles is 1. The third kappa shape index (κ3) is 3.91. The van der Waals surface area contributed by atoms with Crippen molar-refractivity contribution in [3.05, 3.63) is 27.9 Å². The van der Waals surface area contributed by atoms with E-state index in [2.05, 4.69) is 4.98 Å². The van der Waals surface area contributed by atoms with Gasteiger partial charge in [0.1, 0.15) is 17.2 Å². The maximum Gasteiger partial charge on any atom is 0.416 e. The minimum Gasteiger partial charge on any atom is -0.443 e. The molecule has 8 heteroatoms. The highest BCUT2D eigenvalue weighted by Crippen LogP contribution is 2.31. The Hall–Kier alpha value is -2.69. The number of hydrogen-bond donors (Lipinski definition) is 0. The summed E-state index contributed by atoms with van der Waals surface area (Å²) in [6.07, 6.45) is 0.494. The van der Waals surface area contributed by atoms with Crippen molar-refractivity contribution in [3.63, 3.8) is 0 Å². The van der Waals surface area contributed by atoms with E-state index in [1.165, 1.54) is 12.3 Å². The van der Waals surface area contributed by atoms with Crippen molar-refractivity contribution in [2.45, 2.75) is 46.3 Å². The molecule has 1 aromatic rings. The van der Waals surface area contributed by atoms with Crippen LogP contribution < -0.4 is 4.90 Å². The van der Waals surface area contributed by atoms with Gasteiger partial charge in [0, 0.05) is 12.2 Å². The fraction of sp³-hybridized carbons (Fsp3) is 0.500. The third-order valence-corrected chi connectivity index (χ3v) is 2.54. The highest BCUT2D eigenvalue weighted by molar-refractivity contribution is 5.90. The molecule has 0 aliphatic rings. The smallest absolute Gasteiger partial charge is 0.416 e. The number of nitrogens with zero attached hydrogens (tertiary/aromatic N) is 4. The number of hydrogen-bond acceptors (Lipinski definition) is 6. The second-order valence-electron chi connectivity index (χ2n) is 5.84. The summed E-state index contributed by atoms with van der Waals surface area (Å²) in [6.45, 7) is 8.42. The van der Waals surface area contributed by atoms with Crippen LogP contribution in [0.5, 0.6) is 0 Å². The summed E-state index contributed by atoms with van der Waals surface area (Å²) < 4.78 is 5.27. The van der Waals surface area contributed by atoms with Crippen molar-refractivity contribution >= 4 is 17.6 Å². The number of pyridine rings is 1. The van der Waals surface area contributed by atoms with Crippen molar-refractivity contribution in [2.24, 2.45) is 0 Å². The Morgan fingerprint density at radius 3 is 2.50 bits per heavy atom. The highest BCUT2D eigenvalue weighted by atomic mass is 16.6. The Bertz CT molecular complexity index is 629. The summed E-state index contributed by atoms with van der Waals surface area (Å²) in [6, 6.07) is 2.53. The van der Waals surface area contributed by atoms with Crippen LogP contribution in [0.4, 0.5) is 16.3 Å². The molecule has 0 bridgehead atoms. The summed E-state index contributed by atoms with van der Waals surface area (Å²) >= 11 is 0. The van der Waals surface area contributed by atoms with Crippen LogP contribution in [0, 0.1) is 21.4 Å². The van der Waals surface area contributed by atoms with Gasteiger partial charge in [-0.15, -0.1) is 0 Å². The quantitative estimate of drug-likeness (QED) is 0.627. The van der Waals surface area contributed by atoms with E-state index < -0.39 is 28.3 Å². The van der Waals surface area contributed by atoms with E-state index in [0.29, 0.717) is 0 Å². The van der Waals surface area contributed by atoms with Crippen LogP contribution in [-0.2, 0) is 4.74 Å². The lowest BCUT2D eigenvalue weighted by Crippen LogP contribution is -2.42. The average Bonchev–Trinajstić information content (AvgIpc) is 2.35. The van der Waals surface area contributed by atoms with Gasteiger partial charge in [-0.3, -0.25) is 15.0 Å². The summed E-state index contributed by atoms with van der Waals surface area (Å²) in [4.78, 5) is 27.9. The summed E-state index contributed by atoms with van der Waals surface area (Å²) in [5.74, 6) is -0.201. The number of rotatable bonds is 3. The van der Waals surface area contributed by atoms with Crippen molar-refractivity contribution in [1.29, 1.82) is 5.26 Å². The minimum atomic E-state index is -0.758. The third-order valence-electron chi connectivity index (χ3n) is 2.54. The van der Waals surface area contributed by atoms with E-state index in [-0.39, 0.29) is 11.4 Å².